The molecule has 0 bridgehead atoms. The lowest BCUT2D eigenvalue weighted by atomic mass is 10.5. The van der Waals surface area contributed by atoms with Gasteiger partial charge in [-0.3, -0.25) is 4.57 Å². The summed E-state index contributed by atoms with van der Waals surface area (Å²) >= 11 is 3.37. The van der Waals surface area contributed by atoms with Crippen LogP contribution in [0.3, 0.4) is 0 Å². The molecule has 8 heteroatoms. The first-order chi connectivity index (χ1) is 8.75. The third kappa shape index (κ3) is 1.76. The third-order valence-corrected chi connectivity index (χ3v) is 3.07. The molecule has 3 rings (SSSR count). The van der Waals surface area contributed by atoms with Gasteiger partial charge >= 0.3 is 0 Å². The van der Waals surface area contributed by atoms with Crippen LogP contribution in [-0.4, -0.2) is 29.3 Å². The standard InChI is InChI=1S/C10H8BrN7/c11-7-8(12)15-10(18-4-1-2-14-18)16-9(7)17-5-3-13-6-17/h1-6H,(H2,12,15,16). The summed E-state index contributed by atoms with van der Waals surface area (Å²) in [6.45, 7) is 0. The fourth-order valence-electron chi connectivity index (χ4n) is 1.49. The molecule has 0 aliphatic carbocycles. The Labute approximate surface area is 110 Å². The predicted octanol–water partition coefficient (Wildman–Crippen LogP) is 1.19. The van der Waals surface area contributed by atoms with E-state index < -0.39 is 0 Å². The molecule has 0 aromatic carbocycles. The first kappa shape index (κ1) is 10.9. The van der Waals surface area contributed by atoms with Crippen LogP contribution in [0.2, 0.25) is 0 Å². The van der Waals surface area contributed by atoms with Gasteiger partial charge in [0.05, 0.1) is 0 Å². The lowest BCUT2D eigenvalue weighted by molar-refractivity contribution is 0.796. The Morgan fingerprint density at radius 2 is 2.06 bits per heavy atom. The van der Waals surface area contributed by atoms with Crippen LogP contribution in [0.1, 0.15) is 0 Å². The van der Waals surface area contributed by atoms with Crippen molar-refractivity contribution in [1.29, 1.82) is 0 Å². The summed E-state index contributed by atoms with van der Waals surface area (Å²) in [6.07, 6.45) is 8.48. The van der Waals surface area contributed by atoms with Crippen LogP contribution in [0.5, 0.6) is 0 Å². The van der Waals surface area contributed by atoms with Crippen molar-refractivity contribution in [2.24, 2.45) is 0 Å². The van der Waals surface area contributed by atoms with Crippen molar-refractivity contribution >= 4 is 21.7 Å². The Bertz CT molecular complexity index is 660. The zero-order valence-corrected chi connectivity index (χ0v) is 10.7. The molecule has 2 N–H and O–H groups in total. The predicted molar refractivity (Wildman–Crippen MR) is 68.4 cm³/mol. The van der Waals surface area contributed by atoms with E-state index in [-0.39, 0.29) is 0 Å². The maximum absolute atomic E-state index is 5.86. The third-order valence-electron chi connectivity index (χ3n) is 2.31. The SMILES string of the molecule is Nc1nc(-n2cccn2)nc(-n2ccnc2)c1Br. The normalized spacial score (nSPS) is 10.7. The molecule has 0 fully saturated rings. The highest BCUT2D eigenvalue weighted by molar-refractivity contribution is 9.10. The van der Waals surface area contributed by atoms with Crippen molar-refractivity contribution in [2.75, 3.05) is 5.73 Å². The number of nitrogens with two attached hydrogens (primary N) is 1. The van der Waals surface area contributed by atoms with E-state index in [4.69, 9.17) is 5.73 Å². The minimum absolute atomic E-state index is 0.346. The van der Waals surface area contributed by atoms with Crippen molar-refractivity contribution in [3.8, 4) is 11.8 Å². The molecule has 0 radical (unpaired) electrons. The average Bonchev–Trinajstić information content (AvgIpc) is 3.03. The molecule has 0 atom stereocenters. The largest absolute Gasteiger partial charge is 0.383 e. The summed E-state index contributed by atoms with van der Waals surface area (Å²) in [5.74, 6) is 1.37. The fraction of sp³-hybridized carbons (Fsp3) is 0. The van der Waals surface area contributed by atoms with Crippen LogP contribution in [0, 0.1) is 0 Å². The number of rotatable bonds is 2. The van der Waals surface area contributed by atoms with Gasteiger partial charge in [0.25, 0.3) is 5.95 Å². The van der Waals surface area contributed by atoms with Crippen LogP contribution in [-0.2, 0) is 0 Å². The van der Waals surface area contributed by atoms with E-state index in [1.54, 1.807) is 46.4 Å². The molecule has 3 heterocycles. The lowest BCUT2D eigenvalue weighted by Gasteiger charge is -2.08. The number of hydrogen-bond acceptors (Lipinski definition) is 5. The molecule has 3 aromatic heterocycles. The fourth-order valence-corrected chi connectivity index (χ4v) is 1.87. The molecule has 0 aliphatic heterocycles. The van der Waals surface area contributed by atoms with Crippen molar-refractivity contribution in [2.45, 2.75) is 0 Å². The first-order valence-electron chi connectivity index (χ1n) is 5.07. The van der Waals surface area contributed by atoms with E-state index in [1.165, 1.54) is 0 Å². The van der Waals surface area contributed by atoms with Gasteiger partial charge in [0.2, 0.25) is 0 Å². The summed E-state index contributed by atoms with van der Waals surface area (Å²) in [6, 6.07) is 1.79. The second-order valence-corrected chi connectivity index (χ2v) is 4.26. The van der Waals surface area contributed by atoms with Gasteiger partial charge in [-0.15, -0.1) is 0 Å². The van der Waals surface area contributed by atoms with Crippen molar-refractivity contribution in [1.82, 2.24) is 29.3 Å². The molecule has 90 valence electrons. The zero-order chi connectivity index (χ0) is 12.5. The number of hydrogen-bond donors (Lipinski definition) is 1. The van der Waals surface area contributed by atoms with Crippen LogP contribution < -0.4 is 5.73 Å². The number of halogens is 1. The van der Waals surface area contributed by atoms with Crippen LogP contribution in [0.4, 0.5) is 5.82 Å². The van der Waals surface area contributed by atoms with Gasteiger partial charge in [-0.2, -0.15) is 15.1 Å². The highest BCUT2D eigenvalue weighted by Crippen LogP contribution is 2.24. The Hall–Kier alpha value is -2.22. The van der Waals surface area contributed by atoms with Crippen LogP contribution in [0.25, 0.3) is 11.8 Å². The van der Waals surface area contributed by atoms with Crippen molar-refractivity contribution in [3.63, 3.8) is 0 Å². The number of nitrogens with zero attached hydrogens (tertiary/aromatic N) is 6. The molecule has 0 saturated carbocycles. The van der Waals surface area contributed by atoms with Gasteiger partial charge in [0, 0.05) is 24.8 Å². The van der Waals surface area contributed by atoms with E-state index >= 15 is 0 Å². The molecule has 0 spiro atoms. The minimum Gasteiger partial charge on any atom is -0.383 e. The quantitative estimate of drug-likeness (QED) is 0.768. The highest BCUT2D eigenvalue weighted by atomic mass is 79.9. The maximum Gasteiger partial charge on any atom is 0.254 e. The molecule has 0 aliphatic rings. The van der Waals surface area contributed by atoms with E-state index in [2.05, 4.69) is 36.0 Å². The van der Waals surface area contributed by atoms with Crippen LogP contribution >= 0.6 is 15.9 Å². The summed E-state index contributed by atoms with van der Waals surface area (Å²) in [7, 11) is 0. The Kier molecular flexibility index (Phi) is 2.56. The molecule has 0 unspecified atom stereocenters. The van der Waals surface area contributed by atoms with Crippen molar-refractivity contribution in [3.05, 3.63) is 41.7 Å². The molecule has 0 amide bonds. The molecular weight excluding hydrogens is 298 g/mol. The lowest BCUT2D eigenvalue weighted by Crippen LogP contribution is -2.09. The smallest absolute Gasteiger partial charge is 0.254 e. The molecule has 0 saturated heterocycles. The minimum atomic E-state index is 0.346. The molecule has 18 heavy (non-hydrogen) atoms. The van der Waals surface area contributed by atoms with E-state index in [0.29, 0.717) is 22.1 Å². The summed E-state index contributed by atoms with van der Waals surface area (Å²) in [5.41, 5.74) is 5.86. The monoisotopic (exact) mass is 305 g/mol. The summed E-state index contributed by atoms with van der Waals surface area (Å²) in [4.78, 5) is 12.6. The second-order valence-electron chi connectivity index (χ2n) is 3.47. The van der Waals surface area contributed by atoms with Gasteiger partial charge in [-0.25, -0.2) is 9.67 Å². The Morgan fingerprint density at radius 1 is 1.17 bits per heavy atom. The number of anilines is 1. The molecular formula is C10H8BrN7. The topological polar surface area (TPSA) is 87.4 Å². The van der Waals surface area contributed by atoms with Gasteiger partial charge in [0.1, 0.15) is 16.6 Å². The Balaban J connectivity index is 2.20. The van der Waals surface area contributed by atoms with Crippen molar-refractivity contribution < 1.29 is 0 Å². The average molecular weight is 306 g/mol. The zero-order valence-electron chi connectivity index (χ0n) is 9.10. The van der Waals surface area contributed by atoms with E-state index in [0.717, 1.165) is 0 Å². The molecule has 3 aromatic rings. The second kappa shape index (κ2) is 4.22. The van der Waals surface area contributed by atoms with E-state index in [9.17, 15) is 0 Å². The van der Waals surface area contributed by atoms with Gasteiger partial charge in [-0.05, 0) is 22.0 Å². The number of imidazole rings is 1. The number of aromatic nitrogens is 6. The van der Waals surface area contributed by atoms with Gasteiger partial charge < -0.3 is 5.73 Å². The van der Waals surface area contributed by atoms with Crippen LogP contribution in [0.15, 0.2) is 41.7 Å². The first-order valence-corrected chi connectivity index (χ1v) is 5.86. The number of nitrogen functional groups attached to an aromatic ring is 1. The Morgan fingerprint density at radius 3 is 2.72 bits per heavy atom. The van der Waals surface area contributed by atoms with E-state index in [1.807, 2.05) is 0 Å². The summed E-state index contributed by atoms with van der Waals surface area (Å²) < 4.78 is 3.91. The maximum atomic E-state index is 5.86. The summed E-state index contributed by atoms with van der Waals surface area (Å²) in [5, 5.41) is 4.08. The highest BCUT2D eigenvalue weighted by Gasteiger charge is 2.12. The molecule has 7 nitrogen and oxygen atoms in total. The van der Waals surface area contributed by atoms with Gasteiger partial charge in [0.15, 0.2) is 5.82 Å². The van der Waals surface area contributed by atoms with Gasteiger partial charge in [-0.1, -0.05) is 0 Å².